The van der Waals surface area contributed by atoms with E-state index < -0.39 is 0 Å². The van der Waals surface area contributed by atoms with E-state index in [0.717, 1.165) is 0 Å². The van der Waals surface area contributed by atoms with Crippen molar-refractivity contribution in [2.24, 2.45) is 0 Å². The summed E-state index contributed by atoms with van der Waals surface area (Å²) >= 11 is 1.62. The first-order valence-corrected chi connectivity index (χ1v) is 5.96. The predicted molar refractivity (Wildman–Crippen MR) is 61.5 cm³/mol. The molecule has 0 aromatic carbocycles. The third-order valence-corrected chi connectivity index (χ3v) is 2.86. The van der Waals surface area contributed by atoms with Crippen molar-refractivity contribution in [2.75, 3.05) is 12.4 Å². The summed E-state index contributed by atoms with van der Waals surface area (Å²) in [6.45, 7) is 8.07. The van der Waals surface area contributed by atoms with Crippen molar-refractivity contribution < 1.29 is 9.90 Å². The van der Waals surface area contributed by atoms with Crippen LogP contribution in [0.4, 0.5) is 0 Å². The lowest BCUT2D eigenvalue weighted by Gasteiger charge is -2.25. The zero-order valence-corrected chi connectivity index (χ0v) is 10.3. The fourth-order valence-electron chi connectivity index (χ4n) is 0.998. The first-order chi connectivity index (χ1) is 6.37. The molecule has 2 N–H and O–H groups in total. The maximum absolute atomic E-state index is 11.4. The second-order valence-corrected chi connectivity index (χ2v) is 5.83. The lowest BCUT2D eigenvalue weighted by molar-refractivity contribution is -0.120. The van der Waals surface area contributed by atoms with Gasteiger partial charge in [-0.3, -0.25) is 4.79 Å². The summed E-state index contributed by atoms with van der Waals surface area (Å²) in [5.41, 5.74) is -0.302. The molecule has 0 fully saturated rings. The molecule has 0 bridgehead atoms. The van der Waals surface area contributed by atoms with Crippen LogP contribution in [-0.2, 0) is 4.79 Å². The Kier molecular flexibility index (Phi) is 6.20. The summed E-state index contributed by atoms with van der Waals surface area (Å²) in [4.78, 5) is 11.4. The first kappa shape index (κ1) is 13.8. The van der Waals surface area contributed by atoms with Gasteiger partial charge in [0.05, 0.1) is 5.75 Å². The quantitative estimate of drug-likeness (QED) is 0.710. The van der Waals surface area contributed by atoms with E-state index in [-0.39, 0.29) is 18.1 Å². The number of hydrogen-bond donors (Lipinski definition) is 2. The molecule has 0 aliphatic rings. The molecule has 0 aliphatic carbocycles. The number of aliphatic hydroxyl groups excluding tert-OH is 1. The molecule has 3 nitrogen and oxygen atoms in total. The molecule has 0 atom stereocenters. The van der Waals surface area contributed by atoms with Gasteiger partial charge in [-0.2, -0.15) is 0 Å². The van der Waals surface area contributed by atoms with Crippen molar-refractivity contribution in [3.05, 3.63) is 0 Å². The van der Waals surface area contributed by atoms with Crippen LogP contribution in [0.1, 0.15) is 34.1 Å². The van der Waals surface area contributed by atoms with Gasteiger partial charge in [-0.15, -0.1) is 11.8 Å². The molecule has 0 aromatic rings. The lowest BCUT2D eigenvalue weighted by Crippen LogP contribution is -2.45. The van der Waals surface area contributed by atoms with Gasteiger partial charge in [-0.05, 0) is 25.5 Å². The molecule has 0 heterocycles. The average Bonchev–Trinajstić information content (AvgIpc) is 1.99. The Morgan fingerprint density at radius 2 is 2.07 bits per heavy atom. The monoisotopic (exact) mass is 219 g/mol. The lowest BCUT2D eigenvalue weighted by atomic mass is 10.0. The number of nitrogens with one attached hydrogen (secondary N) is 1. The van der Waals surface area contributed by atoms with Gasteiger partial charge in [-0.1, -0.05) is 13.8 Å². The van der Waals surface area contributed by atoms with Crippen LogP contribution < -0.4 is 5.32 Å². The molecule has 0 radical (unpaired) electrons. The highest BCUT2D eigenvalue weighted by atomic mass is 32.2. The number of hydrogen-bond acceptors (Lipinski definition) is 3. The molecular formula is C10H21NO2S. The van der Waals surface area contributed by atoms with Crippen LogP contribution in [0.15, 0.2) is 0 Å². The van der Waals surface area contributed by atoms with Gasteiger partial charge in [0.15, 0.2) is 0 Å². The number of amides is 1. The van der Waals surface area contributed by atoms with Crippen LogP contribution in [0.25, 0.3) is 0 Å². The van der Waals surface area contributed by atoms with E-state index in [2.05, 4.69) is 19.2 Å². The van der Waals surface area contributed by atoms with E-state index >= 15 is 0 Å². The molecule has 0 aromatic heterocycles. The topological polar surface area (TPSA) is 49.3 Å². The Bertz CT molecular complexity index is 181. The van der Waals surface area contributed by atoms with Gasteiger partial charge in [0, 0.05) is 12.1 Å². The van der Waals surface area contributed by atoms with Crippen LogP contribution in [0.3, 0.4) is 0 Å². The Balaban J connectivity index is 3.81. The number of thioether (sulfide) groups is 1. The molecule has 14 heavy (non-hydrogen) atoms. The highest BCUT2D eigenvalue weighted by molar-refractivity contribution is 8.00. The van der Waals surface area contributed by atoms with Crippen LogP contribution in [0.5, 0.6) is 0 Å². The molecular weight excluding hydrogens is 198 g/mol. The minimum atomic E-state index is -0.302. The van der Waals surface area contributed by atoms with Gasteiger partial charge < -0.3 is 10.4 Å². The average molecular weight is 219 g/mol. The van der Waals surface area contributed by atoms with Gasteiger partial charge >= 0.3 is 0 Å². The Labute approximate surface area is 90.7 Å². The van der Waals surface area contributed by atoms with Crippen molar-refractivity contribution in [2.45, 2.75) is 44.9 Å². The number of carbonyl (C=O) groups excluding carboxylic acids is 1. The number of rotatable bonds is 6. The van der Waals surface area contributed by atoms with E-state index in [4.69, 9.17) is 5.11 Å². The Hall–Kier alpha value is -0.220. The van der Waals surface area contributed by atoms with Crippen LogP contribution in [0, 0.1) is 0 Å². The van der Waals surface area contributed by atoms with E-state index in [1.807, 2.05) is 13.8 Å². The SMILES string of the molecule is CC(C)SCC(=O)NC(C)(C)CCO. The number of aliphatic hydroxyl groups is 1. The van der Waals surface area contributed by atoms with E-state index in [0.29, 0.717) is 17.4 Å². The molecule has 0 saturated heterocycles. The minimum absolute atomic E-state index is 0.0437. The maximum Gasteiger partial charge on any atom is 0.230 e. The van der Waals surface area contributed by atoms with Gasteiger partial charge in [0.2, 0.25) is 5.91 Å². The van der Waals surface area contributed by atoms with E-state index in [1.165, 1.54) is 0 Å². The second-order valence-electron chi connectivity index (χ2n) is 4.27. The molecule has 0 rings (SSSR count). The smallest absolute Gasteiger partial charge is 0.230 e. The summed E-state index contributed by atoms with van der Waals surface area (Å²) in [6.07, 6.45) is 0.588. The third kappa shape index (κ3) is 7.21. The minimum Gasteiger partial charge on any atom is -0.396 e. The van der Waals surface area contributed by atoms with Crippen LogP contribution in [-0.4, -0.2) is 34.2 Å². The molecule has 84 valence electrons. The van der Waals surface area contributed by atoms with E-state index in [9.17, 15) is 4.79 Å². The Morgan fingerprint density at radius 3 is 2.50 bits per heavy atom. The first-order valence-electron chi connectivity index (χ1n) is 4.91. The van der Waals surface area contributed by atoms with E-state index in [1.54, 1.807) is 11.8 Å². The summed E-state index contributed by atoms with van der Waals surface area (Å²) in [5.74, 6) is 0.536. The van der Waals surface area contributed by atoms with Gasteiger partial charge in [-0.25, -0.2) is 0 Å². The van der Waals surface area contributed by atoms with Crippen molar-refractivity contribution in [3.8, 4) is 0 Å². The highest BCUT2D eigenvalue weighted by Crippen LogP contribution is 2.11. The summed E-state index contributed by atoms with van der Waals surface area (Å²) in [5, 5.41) is 12.1. The fraction of sp³-hybridized carbons (Fsp3) is 0.900. The molecule has 4 heteroatoms. The number of carbonyl (C=O) groups is 1. The van der Waals surface area contributed by atoms with Gasteiger partial charge in [0.25, 0.3) is 0 Å². The maximum atomic E-state index is 11.4. The normalized spacial score (nSPS) is 11.9. The molecule has 0 spiro atoms. The van der Waals surface area contributed by atoms with Crippen molar-refractivity contribution >= 4 is 17.7 Å². The zero-order chi connectivity index (χ0) is 11.2. The molecule has 0 unspecified atom stereocenters. The van der Waals surface area contributed by atoms with Crippen LogP contribution >= 0.6 is 11.8 Å². The highest BCUT2D eigenvalue weighted by Gasteiger charge is 2.19. The van der Waals surface area contributed by atoms with Crippen molar-refractivity contribution in [1.29, 1.82) is 0 Å². The fourth-order valence-corrected chi connectivity index (χ4v) is 1.55. The second kappa shape index (κ2) is 6.30. The summed E-state index contributed by atoms with van der Waals surface area (Å²) in [6, 6.07) is 0. The predicted octanol–water partition coefficient (Wildman–Crippen LogP) is 1.41. The standard InChI is InChI=1S/C10H21NO2S/c1-8(2)14-7-9(13)11-10(3,4)5-6-12/h8,12H,5-7H2,1-4H3,(H,11,13). The van der Waals surface area contributed by atoms with Crippen LogP contribution in [0.2, 0.25) is 0 Å². The Morgan fingerprint density at radius 1 is 1.50 bits per heavy atom. The van der Waals surface area contributed by atoms with Crippen molar-refractivity contribution in [1.82, 2.24) is 5.32 Å². The summed E-state index contributed by atoms with van der Waals surface area (Å²) in [7, 11) is 0. The zero-order valence-electron chi connectivity index (χ0n) is 9.46. The van der Waals surface area contributed by atoms with Gasteiger partial charge in [0.1, 0.15) is 0 Å². The molecule has 1 amide bonds. The molecule has 0 aliphatic heterocycles. The summed E-state index contributed by atoms with van der Waals surface area (Å²) < 4.78 is 0. The third-order valence-electron chi connectivity index (χ3n) is 1.76. The largest absolute Gasteiger partial charge is 0.396 e. The molecule has 0 saturated carbocycles. The van der Waals surface area contributed by atoms with Crippen molar-refractivity contribution in [3.63, 3.8) is 0 Å².